The predicted molar refractivity (Wildman–Crippen MR) is 125 cm³/mol. The number of hydrogen-bond donors (Lipinski definition) is 3. The molecule has 2 aliphatic heterocycles. The second kappa shape index (κ2) is 10.0. The Morgan fingerprint density at radius 3 is 2.76 bits per heavy atom. The summed E-state index contributed by atoms with van der Waals surface area (Å²) in [6.07, 6.45) is 10.0. The summed E-state index contributed by atoms with van der Waals surface area (Å²) in [5.74, 6) is -0.616. The number of hydrogen-bond acceptors (Lipinski definition) is 8. The van der Waals surface area contributed by atoms with Crippen LogP contribution in [0.1, 0.15) is 60.1 Å². The van der Waals surface area contributed by atoms with E-state index in [0.29, 0.717) is 29.1 Å². The average molecular weight is 474 g/mol. The Kier molecular flexibility index (Phi) is 7.14. The third-order valence-electron chi connectivity index (χ3n) is 6.62. The maximum absolute atomic E-state index is 13.6. The van der Waals surface area contributed by atoms with Crippen molar-refractivity contribution in [2.75, 3.05) is 13.2 Å². The number of Topliss-reactive ketones (excluding diaryl/α,β-unsaturated/α-hetero) is 1. The summed E-state index contributed by atoms with van der Waals surface area (Å²) in [6.45, 7) is 2.27. The van der Waals surface area contributed by atoms with Crippen molar-refractivity contribution in [2.24, 2.45) is 17.4 Å². The van der Waals surface area contributed by atoms with Gasteiger partial charge in [-0.25, -0.2) is 4.98 Å². The molecule has 33 heavy (non-hydrogen) atoms. The fourth-order valence-corrected chi connectivity index (χ4v) is 5.85. The fourth-order valence-electron chi connectivity index (χ4n) is 5.03. The van der Waals surface area contributed by atoms with Crippen molar-refractivity contribution in [3.63, 3.8) is 0 Å². The van der Waals surface area contributed by atoms with Gasteiger partial charge in [0.1, 0.15) is 18.7 Å². The molecule has 10 heteroatoms. The van der Waals surface area contributed by atoms with E-state index in [9.17, 15) is 14.4 Å². The number of nitrogens with zero attached hydrogens (tertiary/aromatic N) is 2. The molecule has 1 saturated carbocycles. The summed E-state index contributed by atoms with van der Waals surface area (Å²) in [6, 6.07) is -1.22. The predicted octanol–water partition coefficient (Wildman–Crippen LogP) is 1.55. The number of carbonyl (C=O) groups is 3. The Labute approximate surface area is 197 Å². The fraction of sp³-hybridized carbons (Fsp3) is 0.565. The monoisotopic (exact) mass is 473 g/mol. The summed E-state index contributed by atoms with van der Waals surface area (Å²) in [7, 11) is 0. The third-order valence-corrected chi connectivity index (χ3v) is 7.66. The van der Waals surface area contributed by atoms with E-state index in [1.165, 1.54) is 17.5 Å². The lowest BCUT2D eigenvalue weighted by molar-refractivity contribution is -0.139. The molecule has 0 radical (unpaired) electrons. The molecule has 2 amide bonds. The number of ketones is 1. The minimum Gasteiger partial charge on any atom is -0.404 e. The number of amides is 2. The van der Waals surface area contributed by atoms with Gasteiger partial charge in [0.2, 0.25) is 5.91 Å². The van der Waals surface area contributed by atoms with Crippen LogP contribution in [0.4, 0.5) is 0 Å². The molecular weight excluding hydrogens is 442 g/mol. The van der Waals surface area contributed by atoms with Gasteiger partial charge in [-0.05, 0) is 38.2 Å². The van der Waals surface area contributed by atoms with Crippen molar-refractivity contribution in [3.8, 4) is 0 Å². The van der Waals surface area contributed by atoms with Crippen LogP contribution in [0.5, 0.6) is 0 Å². The van der Waals surface area contributed by atoms with Crippen molar-refractivity contribution in [1.82, 2.24) is 15.2 Å². The number of nitrogens with one attached hydrogen (secondary N) is 1. The minimum absolute atomic E-state index is 0.0356. The van der Waals surface area contributed by atoms with Crippen LogP contribution in [0.15, 0.2) is 24.2 Å². The Bertz CT molecular complexity index is 977. The molecule has 2 saturated heterocycles. The van der Waals surface area contributed by atoms with Crippen LogP contribution in [0.2, 0.25) is 0 Å². The number of nitrogens with two attached hydrogens (primary N) is 2. The van der Waals surface area contributed by atoms with Gasteiger partial charge in [0.15, 0.2) is 10.8 Å². The van der Waals surface area contributed by atoms with Gasteiger partial charge in [-0.15, -0.1) is 11.3 Å². The number of allylic oxidation sites excluding steroid dienone is 3. The van der Waals surface area contributed by atoms with Crippen LogP contribution in [0, 0.1) is 5.92 Å². The molecule has 3 atom stereocenters. The van der Waals surface area contributed by atoms with E-state index >= 15 is 0 Å². The molecule has 3 heterocycles. The largest absolute Gasteiger partial charge is 0.404 e. The van der Waals surface area contributed by atoms with Gasteiger partial charge in [0, 0.05) is 30.2 Å². The first kappa shape index (κ1) is 23.4. The van der Waals surface area contributed by atoms with Gasteiger partial charge in [-0.1, -0.05) is 19.3 Å². The van der Waals surface area contributed by atoms with Crippen LogP contribution < -0.4 is 16.8 Å². The van der Waals surface area contributed by atoms with Crippen LogP contribution in [-0.4, -0.2) is 58.8 Å². The zero-order valence-corrected chi connectivity index (χ0v) is 19.6. The molecule has 0 aromatic carbocycles. The third kappa shape index (κ3) is 4.96. The molecule has 4 rings (SSSR count). The maximum atomic E-state index is 13.6. The second-order valence-electron chi connectivity index (χ2n) is 8.97. The highest BCUT2D eigenvalue weighted by Gasteiger charge is 2.49. The highest BCUT2D eigenvalue weighted by molar-refractivity contribution is 7.14. The molecule has 178 valence electrons. The van der Waals surface area contributed by atoms with E-state index in [0.717, 1.165) is 32.1 Å². The standard InChI is InChI=1S/C23H31N5O4S/c1-13(25)9-15(10-24)18-11-26-22(33-18)21(30)27-19(14-5-3-2-4-6-14)23(31)28-8-7-17-20(28)16(29)12-32-17/h9-11,14,17,19-20H,2-8,12,24-25H2,1H3,(H,27,30)/b13-9-,15-10+/t17-,19?,20-/m1/s1. The lowest BCUT2D eigenvalue weighted by Crippen LogP contribution is -2.55. The zero-order valence-electron chi connectivity index (χ0n) is 18.8. The Hall–Kier alpha value is -2.72. The Balaban J connectivity index is 1.54. The van der Waals surface area contributed by atoms with Gasteiger partial charge in [0.05, 0.1) is 11.0 Å². The highest BCUT2D eigenvalue weighted by atomic mass is 32.1. The van der Waals surface area contributed by atoms with Crippen LogP contribution in [0.25, 0.3) is 5.57 Å². The number of thiazole rings is 1. The Morgan fingerprint density at radius 2 is 2.06 bits per heavy atom. The van der Waals surface area contributed by atoms with Crippen LogP contribution in [-0.2, 0) is 14.3 Å². The lowest BCUT2D eigenvalue weighted by atomic mass is 9.83. The summed E-state index contributed by atoms with van der Waals surface area (Å²) in [5.41, 5.74) is 12.7. The summed E-state index contributed by atoms with van der Waals surface area (Å²) in [4.78, 5) is 45.7. The van der Waals surface area contributed by atoms with Crippen LogP contribution in [0.3, 0.4) is 0 Å². The first-order chi connectivity index (χ1) is 15.9. The lowest BCUT2D eigenvalue weighted by Gasteiger charge is -2.34. The highest BCUT2D eigenvalue weighted by Crippen LogP contribution is 2.32. The molecule has 0 bridgehead atoms. The van der Waals surface area contributed by atoms with E-state index in [2.05, 4.69) is 10.3 Å². The smallest absolute Gasteiger partial charge is 0.280 e. The van der Waals surface area contributed by atoms with Crippen molar-refractivity contribution in [2.45, 2.75) is 63.6 Å². The first-order valence-electron chi connectivity index (χ1n) is 11.5. The quantitative estimate of drug-likeness (QED) is 0.532. The molecule has 0 spiro atoms. The van der Waals surface area contributed by atoms with Crippen molar-refractivity contribution >= 4 is 34.5 Å². The van der Waals surface area contributed by atoms with Crippen LogP contribution >= 0.6 is 11.3 Å². The summed E-state index contributed by atoms with van der Waals surface area (Å²) < 4.78 is 5.54. The molecule has 1 aliphatic carbocycles. The van der Waals surface area contributed by atoms with Crippen molar-refractivity contribution in [3.05, 3.63) is 34.1 Å². The van der Waals surface area contributed by atoms with Crippen molar-refractivity contribution in [1.29, 1.82) is 0 Å². The zero-order chi connectivity index (χ0) is 23.5. The number of ether oxygens (including phenoxy) is 1. The number of carbonyl (C=O) groups excluding carboxylic acids is 3. The molecular formula is C23H31N5O4S. The normalized spacial score (nSPS) is 25.2. The molecule has 1 aromatic rings. The average Bonchev–Trinajstić information content (AvgIpc) is 3.54. The molecule has 3 fully saturated rings. The number of aromatic nitrogens is 1. The molecule has 3 aliphatic rings. The molecule has 1 aromatic heterocycles. The summed E-state index contributed by atoms with van der Waals surface area (Å²) >= 11 is 1.19. The Morgan fingerprint density at radius 1 is 1.30 bits per heavy atom. The van der Waals surface area contributed by atoms with E-state index < -0.39 is 18.0 Å². The molecule has 1 unspecified atom stereocenters. The van der Waals surface area contributed by atoms with E-state index in [-0.39, 0.29) is 35.3 Å². The summed E-state index contributed by atoms with van der Waals surface area (Å²) in [5, 5.41) is 3.21. The first-order valence-corrected chi connectivity index (χ1v) is 12.3. The van der Waals surface area contributed by atoms with Gasteiger partial charge in [0.25, 0.3) is 5.91 Å². The van der Waals surface area contributed by atoms with Crippen molar-refractivity contribution < 1.29 is 19.1 Å². The van der Waals surface area contributed by atoms with Gasteiger partial charge in [-0.3, -0.25) is 14.4 Å². The maximum Gasteiger partial charge on any atom is 0.280 e. The van der Waals surface area contributed by atoms with Gasteiger partial charge >= 0.3 is 0 Å². The van der Waals surface area contributed by atoms with E-state index in [1.54, 1.807) is 24.1 Å². The SMILES string of the molecule is C/C(N)=C/C(=C\N)c1cnc(C(=O)NC(C(=O)N2CC[C@H]3OCC(=O)[C@H]32)C2CCCCC2)s1. The molecule has 9 nitrogen and oxygen atoms in total. The number of likely N-dealkylation sites (tertiary alicyclic amines) is 1. The van der Waals surface area contributed by atoms with E-state index in [4.69, 9.17) is 16.2 Å². The topological polar surface area (TPSA) is 141 Å². The van der Waals surface area contributed by atoms with Gasteiger partial charge in [-0.2, -0.15) is 0 Å². The molecule has 5 N–H and O–H groups in total. The number of rotatable bonds is 6. The number of fused-ring (bicyclic) bond motifs is 1. The van der Waals surface area contributed by atoms with E-state index in [1.807, 2.05) is 0 Å². The second-order valence-corrected chi connectivity index (χ2v) is 10.0. The van der Waals surface area contributed by atoms with Gasteiger partial charge < -0.3 is 26.4 Å². The minimum atomic E-state index is -0.687.